The number of nitrogens with two attached hydrogens (primary N) is 1. The van der Waals surface area contributed by atoms with Crippen LogP contribution in [0.15, 0.2) is 41.4 Å². The van der Waals surface area contributed by atoms with Gasteiger partial charge >= 0.3 is 0 Å². The number of sulfonamides is 1. The zero-order valence-corrected chi connectivity index (χ0v) is 14.8. The first-order valence-corrected chi connectivity index (χ1v) is 9.49. The second-order valence-corrected chi connectivity index (χ2v) is 7.64. The van der Waals surface area contributed by atoms with Gasteiger partial charge in [0.25, 0.3) is 0 Å². The molecule has 1 aliphatic rings. The van der Waals surface area contributed by atoms with Gasteiger partial charge in [-0.3, -0.25) is 0 Å². The summed E-state index contributed by atoms with van der Waals surface area (Å²) >= 11 is 5.86. The van der Waals surface area contributed by atoms with Crippen molar-refractivity contribution in [3.05, 3.63) is 47.1 Å². The van der Waals surface area contributed by atoms with Gasteiger partial charge in [-0.15, -0.1) is 0 Å². The van der Waals surface area contributed by atoms with Crippen molar-refractivity contribution in [1.29, 1.82) is 5.26 Å². The SMILES string of the molecule is N#Cc1cc(S(N)(=O)=O)ccc1N1CCN(c2ccc(Cl)cn2)CC1. The minimum absolute atomic E-state index is 0.0585. The molecule has 1 aromatic carbocycles. The van der Waals surface area contributed by atoms with Crippen LogP contribution in [-0.4, -0.2) is 39.6 Å². The number of anilines is 2. The van der Waals surface area contributed by atoms with Crippen LogP contribution in [-0.2, 0) is 10.0 Å². The van der Waals surface area contributed by atoms with Gasteiger partial charge in [-0.25, -0.2) is 18.5 Å². The molecule has 25 heavy (non-hydrogen) atoms. The fraction of sp³-hybridized carbons (Fsp3) is 0.250. The number of halogens is 1. The Hall–Kier alpha value is -2.34. The van der Waals surface area contributed by atoms with Gasteiger partial charge in [-0.2, -0.15) is 5.26 Å². The molecule has 0 unspecified atom stereocenters. The molecule has 130 valence electrons. The molecule has 7 nitrogen and oxygen atoms in total. The molecule has 2 aromatic rings. The van der Waals surface area contributed by atoms with Crippen molar-refractivity contribution in [3.63, 3.8) is 0 Å². The van der Waals surface area contributed by atoms with E-state index in [1.54, 1.807) is 18.3 Å². The van der Waals surface area contributed by atoms with Crippen LogP contribution in [0.5, 0.6) is 0 Å². The summed E-state index contributed by atoms with van der Waals surface area (Å²) in [6.07, 6.45) is 1.61. The molecule has 1 aromatic heterocycles. The molecule has 2 N–H and O–H groups in total. The lowest BCUT2D eigenvalue weighted by atomic mass is 10.1. The normalized spacial score (nSPS) is 15.1. The maximum absolute atomic E-state index is 11.4. The van der Waals surface area contributed by atoms with Gasteiger partial charge in [-0.05, 0) is 30.3 Å². The lowest BCUT2D eigenvalue weighted by Gasteiger charge is -2.37. The number of nitrogens with zero attached hydrogens (tertiary/aromatic N) is 4. The van der Waals surface area contributed by atoms with Crippen molar-refractivity contribution in [2.45, 2.75) is 4.90 Å². The minimum Gasteiger partial charge on any atom is -0.367 e. The van der Waals surface area contributed by atoms with Crippen LogP contribution >= 0.6 is 11.6 Å². The summed E-state index contributed by atoms with van der Waals surface area (Å²) < 4.78 is 22.9. The number of piperazine rings is 1. The zero-order valence-electron chi connectivity index (χ0n) is 13.3. The third kappa shape index (κ3) is 3.85. The van der Waals surface area contributed by atoms with Gasteiger partial charge in [0.05, 0.1) is 21.2 Å². The second kappa shape index (κ2) is 6.88. The highest BCUT2D eigenvalue weighted by Crippen LogP contribution is 2.25. The molecule has 1 saturated heterocycles. The number of hydrogen-bond donors (Lipinski definition) is 1. The summed E-state index contributed by atoms with van der Waals surface area (Å²) in [4.78, 5) is 8.45. The van der Waals surface area contributed by atoms with E-state index in [0.717, 1.165) is 18.9 Å². The Morgan fingerprint density at radius 1 is 1.12 bits per heavy atom. The number of primary sulfonamides is 1. The highest BCUT2D eigenvalue weighted by atomic mass is 35.5. The first-order chi connectivity index (χ1) is 11.9. The molecule has 1 fully saturated rings. The highest BCUT2D eigenvalue weighted by molar-refractivity contribution is 7.89. The topological polar surface area (TPSA) is 103 Å². The van der Waals surface area contributed by atoms with E-state index >= 15 is 0 Å². The van der Waals surface area contributed by atoms with Gasteiger partial charge in [0.1, 0.15) is 11.9 Å². The van der Waals surface area contributed by atoms with Crippen LogP contribution in [0.3, 0.4) is 0 Å². The summed E-state index contributed by atoms with van der Waals surface area (Å²) in [5.74, 6) is 0.856. The number of rotatable bonds is 3. The highest BCUT2D eigenvalue weighted by Gasteiger charge is 2.21. The molecule has 0 radical (unpaired) electrons. The number of nitriles is 1. The Bertz CT molecular complexity index is 917. The average molecular weight is 378 g/mol. The van der Waals surface area contributed by atoms with Crippen molar-refractivity contribution in [2.24, 2.45) is 5.14 Å². The van der Waals surface area contributed by atoms with Gasteiger partial charge in [0.2, 0.25) is 10.0 Å². The van der Waals surface area contributed by atoms with E-state index in [4.69, 9.17) is 16.7 Å². The van der Waals surface area contributed by atoms with E-state index in [0.29, 0.717) is 29.4 Å². The molecule has 2 heterocycles. The van der Waals surface area contributed by atoms with Crippen LogP contribution < -0.4 is 14.9 Å². The molecule has 0 aliphatic carbocycles. The van der Waals surface area contributed by atoms with Crippen LogP contribution in [0, 0.1) is 11.3 Å². The Morgan fingerprint density at radius 2 is 1.80 bits per heavy atom. The number of pyridine rings is 1. The molecular formula is C16H16ClN5O2S. The van der Waals surface area contributed by atoms with Gasteiger partial charge in [0, 0.05) is 32.4 Å². The molecule has 3 rings (SSSR count). The van der Waals surface area contributed by atoms with Crippen molar-refractivity contribution < 1.29 is 8.42 Å². The Morgan fingerprint density at radius 3 is 2.36 bits per heavy atom. The number of benzene rings is 1. The third-order valence-corrected chi connectivity index (χ3v) is 5.21. The average Bonchev–Trinajstić information content (AvgIpc) is 2.61. The van der Waals surface area contributed by atoms with E-state index in [9.17, 15) is 13.7 Å². The lowest BCUT2D eigenvalue weighted by Crippen LogP contribution is -2.47. The lowest BCUT2D eigenvalue weighted by molar-refractivity contribution is 0.597. The predicted octanol–water partition coefficient (Wildman–Crippen LogP) is 1.58. The number of hydrogen-bond acceptors (Lipinski definition) is 6. The molecule has 0 bridgehead atoms. The first kappa shape index (κ1) is 17.5. The molecule has 0 spiro atoms. The zero-order chi connectivity index (χ0) is 18.0. The molecule has 0 saturated carbocycles. The van der Waals surface area contributed by atoms with Gasteiger partial charge < -0.3 is 9.80 Å². The molecule has 1 aliphatic heterocycles. The van der Waals surface area contributed by atoms with Crippen molar-refractivity contribution in [2.75, 3.05) is 36.0 Å². The fourth-order valence-corrected chi connectivity index (χ4v) is 3.44. The molecule has 0 atom stereocenters. The van der Waals surface area contributed by atoms with Crippen LogP contribution in [0.4, 0.5) is 11.5 Å². The van der Waals surface area contributed by atoms with Gasteiger partial charge in [0.15, 0.2) is 0 Å². The summed E-state index contributed by atoms with van der Waals surface area (Å²) in [7, 11) is -3.83. The molecule has 0 amide bonds. The second-order valence-electron chi connectivity index (χ2n) is 5.64. The summed E-state index contributed by atoms with van der Waals surface area (Å²) in [6, 6.07) is 10.1. The van der Waals surface area contributed by atoms with E-state index in [-0.39, 0.29) is 4.90 Å². The Balaban J connectivity index is 1.77. The quantitative estimate of drug-likeness (QED) is 0.870. The smallest absolute Gasteiger partial charge is 0.238 e. The largest absolute Gasteiger partial charge is 0.367 e. The van der Waals surface area contributed by atoms with Crippen molar-refractivity contribution in [3.8, 4) is 6.07 Å². The van der Waals surface area contributed by atoms with E-state index in [1.807, 2.05) is 6.07 Å². The van der Waals surface area contributed by atoms with E-state index < -0.39 is 10.0 Å². The number of aromatic nitrogens is 1. The minimum atomic E-state index is -3.83. The summed E-state index contributed by atoms with van der Waals surface area (Å²) in [5.41, 5.74) is 1.00. The van der Waals surface area contributed by atoms with Crippen LogP contribution in [0.2, 0.25) is 5.02 Å². The van der Waals surface area contributed by atoms with Crippen LogP contribution in [0.1, 0.15) is 5.56 Å². The first-order valence-electron chi connectivity index (χ1n) is 7.57. The Labute approximate surface area is 151 Å². The predicted molar refractivity (Wildman–Crippen MR) is 96.2 cm³/mol. The third-order valence-electron chi connectivity index (χ3n) is 4.07. The van der Waals surface area contributed by atoms with Crippen LogP contribution in [0.25, 0.3) is 0 Å². The maximum atomic E-state index is 11.4. The molecule has 9 heteroatoms. The van der Waals surface area contributed by atoms with E-state index in [2.05, 4.69) is 20.9 Å². The standard InChI is InChI=1S/C16H16ClN5O2S/c17-13-1-4-16(20-11-13)22-7-5-21(6-8-22)15-3-2-14(25(19,23)24)9-12(15)10-18/h1-4,9,11H,5-8H2,(H2,19,23,24). The summed E-state index contributed by atoms with van der Waals surface area (Å²) in [6.45, 7) is 2.84. The van der Waals surface area contributed by atoms with Crippen molar-refractivity contribution >= 4 is 33.1 Å². The fourth-order valence-electron chi connectivity index (χ4n) is 2.79. The summed E-state index contributed by atoms with van der Waals surface area (Å²) in [5, 5.41) is 15.1. The van der Waals surface area contributed by atoms with Gasteiger partial charge in [-0.1, -0.05) is 11.6 Å². The molecular weight excluding hydrogens is 362 g/mol. The monoisotopic (exact) mass is 377 g/mol. The Kier molecular flexibility index (Phi) is 4.81. The van der Waals surface area contributed by atoms with Crippen molar-refractivity contribution in [1.82, 2.24) is 4.98 Å². The van der Waals surface area contributed by atoms with E-state index in [1.165, 1.54) is 12.1 Å². The maximum Gasteiger partial charge on any atom is 0.238 e.